The third kappa shape index (κ3) is 2.27. The lowest BCUT2D eigenvalue weighted by atomic mass is 9.84. The zero-order valence-electron chi connectivity index (χ0n) is 12.7. The summed E-state index contributed by atoms with van der Waals surface area (Å²) < 4.78 is 0. The number of anilines is 1. The van der Waals surface area contributed by atoms with Gasteiger partial charge in [0.25, 0.3) is 0 Å². The van der Waals surface area contributed by atoms with E-state index in [1.54, 1.807) is 0 Å². The highest BCUT2D eigenvalue weighted by Gasteiger charge is 2.53. The standard InChI is InChI=1S/C17H22N2O2/c1-12(18-2)13-6-5-7-14(10-13)19-15(20)11-17(16(19)21)8-3-4-9-17/h5-7,10,12,18H,3-4,8-9,11H2,1-2H3. The van der Waals surface area contributed by atoms with E-state index < -0.39 is 5.41 Å². The minimum atomic E-state index is -0.401. The van der Waals surface area contributed by atoms with Crippen molar-refractivity contribution in [1.29, 1.82) is 0 Å². The number of nitrogens with zero attached hydrogens (tertiary/aromatic N) is 1. The van der Waals surface area contributed by atoms with Gasteiger partial charge in [0.2, 0.25) is 11.8 Å². The van der Waals surface area contributed by atoms with E-state index in [-0.39, 0.29) is 17.9 Å². The van der Waals surface area contributed by atoms with Gasteiger partial charge in [0, 0.05) is 12.5 Å². The van der Waals surface area contributed by atoms with Crippen molar-refractivity contribution in [2.75, 3.05) is 11.9 Å². The van der Waals surface area contributed by atoms with Crippen molar-refractivity contribution in [2.24, 2.45) is 5.41 Å². The summed E-state index contributed by atoms with van der Waals surface area (Å²) in [6.07, 6.45) is 4.23. The summed E-state index contributed by atoms with van der Waals surface area (Å²) in [4.78, 5) is 26.6. The Hall–Kier alpha value is -1.68. The van der Waals surface area contributed by atoms with Crippen LogP contribution in [0.2, 0.25) is 0 Å². The largest absolute Gasteiger partial charge is 0.313 e. The summed E-state index contributed by atoms with van der Waals surface area (Å²) in [6, 6.07) is 7.93. The van der Waals surface area contributed by atoms with E-state index >= 15 is 0 Å². The van der Waals surface area contributed by atoms with Gasteiger partial charge in [0.1, 0.15) is 0 Å². The molecule has 1 aliphatic carbocycles. The number of rotatable bonds is 3. The van der Waals surface area contributed by atoms with Gasteiger partial charge in [-0.25, -0.2) is 0 Å². The zero-order valence-corrected chi connectivity index (χ0v) is 12.7. The third-order valence-electron chi connectivity index (χ3n) is 5.02. The number of imide groups is 1. The van der Waals surface area contributed by atoms with E-state index in [4.69, 9.17) is 0 Å². The van der Waals surface area contributed by atoms with Crippen LogP contribution in [0.25, 0.3) is 0 Å². The molecule has 1 atom stereocenters. The SMILES string of the molecule is CNC(C)c1cccc(N2C(=O)CC3(CCCC3)C2=O)c1. The van der Waals surface area contributed by atoms with Gasteiger partial charge in [-0.1, -0.05) is 25.0 Å². The molecule has 1 aromatic rings. The van der Waals surface area contributed by atoms with Crippen LogP contribution in [0, 0.1) is 5.41 Å². The fourth-order valence-corrected chi connectivity index (χ4v) is 3.60. The predicted octanol–water partition coefficient (Wildman–Crippen LogP) is 2.79. The molecule has 2 aliphatic rings. The molecule has 3 rings (SSSR count). The third-order valence-corrected chi connectivity index (χ3v) is 5.02. The molecule has 2 fully saturated rings. The fraction of sp³-hybridized carbons (Fsp3) is 0.529. The van der Waals surface area contributed by atoms with E-state index in [0.717, 1.165) is 31.2 Å². The monoisotopic (exact) mass is 286 g/mol. The Bertz CT molecular complexity index is 576. The molecule has 1 spiro atoms. The average molecular weight is 286 g/mol. The van der Waals surface area contributed by atoms with Gasteiger partial charge in [-0.2, -0.15) is 0 Å². The lowest BCUT2D eigenvalue weighted by molar-refractivity contribution is -0.125. The summed E-state index contributed by atoms with van der Waals surface area (Å²) in [6.45, 7) is 2.06. The molecular formula is C17H22N2O2. The molecule has 1 unspecified atom stereocenters. The summed E-state index contributed by atoms with van der Waals surface area (Å²) >= 11 is 0. The van der Waals surface area contributed by atoms with Crippen LogP contribution in [-0.2, 0) is 9.59 Å². The van der Waals surface area contributed by atoms with Crippen molar-refractivity contribution < 1.29 is 9.59 Å². The van der Waals surface area contributed by atoms with E-state index in [9.17, 15) is 9.59 Å². The first kappa shape index (κ1) is 14.3. The minimum Gasteiger partial charge on any atom is -0.313 e. The van der Waals surface area contributed by atoms with Crippen LogP contribution in [0.5, 0.6) is 0 Å². The molecule has 1 N–H and O–H groups in total. The Morgan fingerprint density at radius 1 is 1.24 bits per heavy atom. The molecule has 0 radical (unpaired) electrons. The maximum Gasteiger partial charge on any atom is 0.240 e. The van der Waals surface area contributed by atoms with Crippen molar-refractivity contribution in [3.63, 3.8) is 0 Å². The second-order valence-electron chi connectivity index (χ2n) is 6.30. The smallest absolute Gasteiger partial charge is 0.240 e. The molecular weight excluding hydrogens is 264 g/mol. The molecule has 112 valence electrons. The quantitative estimate of drug-likeness (QED) is 0.869. The Kier molecular flexibility index (Phi) is 3.57. The number of amides is 2. The van der Waals surface area contributed by atoms with Gasteiger partial charge in [-0.05, 0) is 44.5 Å². The Morgan fingerprint density at radius 2 is 1.95 bits per heavy atom. The Morgan fingerprint density at radius 3 is 2.62 bits per heavy atom. The van der Waals surface area contributed by atoms with Crippen LogP contribution in [0.4, 0.5) is 5.69 Å². The van der Waals surface area contributed by atoms with Crippen LogP contribution < -0.4 is 10.2 Å². The van der Waals surface area contributed by atoms with Crippen LogP contribution in [0.3, 0.4) is 0 Å². The fourth-order valence-electron chi connectivity index (χ4n) is 3.60. The highest BCUT2D eigenvalue weighted by Crippen LogP contribution is 2.48. The molecule has 1 saturated heterocycles. The van der Waals surface area contributed by atoms with Crippen molar-refractivity contribution in [1.82, 2.24) is 5.32 Å². The summed E-state index contributed by atoms with van der Waals surface area (Å²) in [7, 11) is 1.90. The topological polar surface area (TPSA) is 49.4 Å². The molecule has 1 saturated carbocycles. The molecule has 4 nitrogen and oxygen atoms in total. The van der Waals surface area contributed by atoms with Gasteiger partial charge in [0.15, 0.2) is 0 Å². The van der Waals surface area contributed by atoms with Crippen LogP contribution in [0.1, 0.15) is 50.6 Å². The van der Waals surface area contributed by atoms with Gasteiger partial charge in [-0.15, -0.1) is 0 Å². The maximum absolute atomic E-state index is 12.8. The number of hydrogen-bond donors (Lipinski definition) is 1. The van der Waals surface area contributed by atoms with Crippen LogP contribution >= 0.6 is 0 Å². The highest BCUT2D eigenvalue weighted by molar-refractivity contribution is 6.22. The van der Waals surface area contributed by atoms with Crippen molar-refractivity contribution in [2.45, 2.75) is 45.1 Å². The lowest BCUT2D eigenvalue weighted by Crippen LogP contribution is -2.34. The first-order valence-electron chi connectivity index (χ1n) is 7.72. The summed E-state index contributed by atoms with van der Waals surface area (Å²) in [5, 5.41) is 3.18. The summed E-state index contributed by atoms with van der Waals surface area (Å²) in [5.41, 5.74) is 1.40. The molecule has 2 amide bonds. The van der Waals surface area contributed by atoms with Gasteiger partial charge < -0.3 is 5.32 Å². The maximum atomic E-state index is 12.8. The molecule has 1 aliphatic heterocycles. The molecule has 0 aromatic heterocycles. The van der Waals surface area contributed by atoms with Gasteiger partial charge >= 0.3 is 0 Å². The first-order valence-corrected chi connectivity index (χ1v) is 7.72. The number of carbonyl (C=O) groups is 2. The number of hydrogen-bond acceptors (Lipinski definition) is 3. The van der Waals surface area contributed by atoms with Crippen molar-refractivity contribution in [3.8, 4) is 0 Å². The number of nitrogens with one attached hydrogen (secondary N) is 1. The lowest BCUT2D eigenvalue weighted by Gasteiger charge is -2.22. The number of benzene rings is 1. The minimum absolute atomic E-state index is 0.0132. The molecule has 0 bridgehead atoms. The van der Waals surface area contributed by atoms with Crippen LogP contribution in [0.15, 0.2) is 24.3 Å². The average Bonchev–Trinajstić information content (AvgIpc) is 3.05. The molecule has 21 heavy (non-hydrogen) atoms. The van der Waals surface area contributed by atoms with Gasteiger partial charge in [-0.3, -0.25) is 14.5 Å². The van der Waals surface area contributed by atoms with Gasteiger partial charge in [0.05, 0.1) is 11.1 Å². The predicted molar refractivity (Wildman–Crippen MR) is 81.9 cm³/mol. The van der Waals surface area contributed by atoms with E-state index in [2.05, 4.69) is 12.2 Å². The Balaban J connectivity index is 1.93. The van der Waals surface area contributed by atoms with E-state index in [1.807, 2.05) is 31.3 Å². The molecule has 4 heteroatoms. The zero-order chi connectivity index (χ0) is 15.0. The van der Waals surface area contributed by atoms with Crippen LogP contribution in [-0.4, -0.2) is 18.9 Å². The molecule has 1 heterocycles. The van der Waals surface area contributed by atoms with E-state index in [0.29, 0.717) is 12.1 Å². The second-order valence-corrected chi connectivity index (χ2v) is 6.30. The molecule has 1 aromatic carbocycles. The van der Waals surface area contributed by atoms with Crippen molar-refractivity contribution in [3.05, 3.63) is 29.8 Å². The summed E-state index contributed by atoms with van der Waals surface area (Å²) in [5.74, 6) is -0.0320. The van der Waals surface area contributed by atoms with Crippen molar-refractivity contribution >= 4 is 17.5 Å². The first-order chi connectivity index (χ1) is 10.1. The Labute approximate surface area is 125 Å². The normalized spacial score (nSPS) is 22.3. The number of carbonyl (C=O) groups excluding carboxylic acids is 2. The highest BCUT2D eigenvalue weighted by atomic mass is 16.2. The van der Waals surface area contributed by atoms with E-state index in [1.165, 1.54) is 4.90 Å². The second kappa shape index (κ2) is 5.26.